The zero-order chi connectivity index (χ0) is 24.7. The number of carbonyl (C=O) groups excluding carboxylic acids is 1. The molecule has 2 aromatic heterocycles. The number of methoxy groups -OCH3 is 1. The highest BCUT2D eigenvalue weighted by atomic mass is 79.9. The van der Waals surface area contributed by atoms with Gasteiger partial charge < -0.3 is 19.5 Å². The van der Waals surface area contributed by atoms with Gasteiger partial charge in [-0.3, -0.25) is 9.89 Å². The van der Waals surface area contributed by atoms with Crippen molar-refractivity contribution in [2.75, 3.05) is 26.8 Å². The molecule has 1 aliphatic heterocycles. The van der Waals surface area contributed by atoms with Gasteiger partial charge in [0.25, 0.3) is 0 Å². The maximum absolute atomic E-state index is 11.7. The van der Waals surface area contributed by atoms with Gasteiger partial charge in [-0.15, -0.1) is 0 Å². The van der Waals surface area contributed by atoms with Crippen LogP contribution in [0.1, 0.15) is 25.5 Å². The first-order valence-electron chi connectivity index (χ1n) is 11.6. The number of aromatic nitrogens is 3. The van der Waals surface area contributed by atoms with Crippen molar-refractivity contribution in [2.24, 2.45) is 5.92 Å². The summed E-state index contributed by atoms with van der Waals surface area (Å²) in [7, 11) is 1.64. The smallest absolute Gasteiger partial charge is 0.219 e. The summed E-state index contributed by atoms with van der Waals surface area (Å²) in [6.07, 6.45) is 1.81. The topological polar surface area (TPSA) is 101 Å². The lowest BCUT2D eigenvalue weighted by Crippen LogP contribution is -2.38. The number of piperidine rings is 1. The van der Waals surface area contributed by atoms with Gasteiger partial charge in [0.05, 0.1) is 29.3 Å². The van der Waals surface area contributed by atoms with E-state index in [9.17, 15) is 9.90 Å². The number of hydrogen-bond donors (Lipinski definition) is 2. The molecule has 5 rings (SSSR count). The van der Waals surface area contributed by atoms with E-state index in [4.69, 9.17) is 14.5 Å². The number of fused-ring (bicyclic) bond motifs is 3. The molecule has 1 amide bonds. The fourth-order valence-corrected chi connectivity index (χ4v) is 5.14. The van der Waals surface area contributed by atoms with Gasteiger partial charge in [-0.2, -0.15) is 5.10 Å². The van der Waals surface area contributed by atoms with Crippen LogP contribution in [0.4, 0.5) is 0 Å². The summed E-state index contributed by atoms with van der Waals surface area (Å²) < 4.78 is 12.8. The number of pyridine rings is 1. The van der Waals surface area contributed by atoms with Crippen LogP contribution in [0.15, 0.2) is 34.8 Å². The highest BCUT2D eigenvalue weighted by Gasteiger charge is 2.24. The standard InChI is InChI=1S/C26H27BrN4O4/c1-14-22-23-18(24(28-26(22)30-29-14)17-4-6-20(33)19(27)12-17)5-7-21(34-3)25(23)35-13-16-8-10-31(11-9-16)15(2)32/h4-7,12,16,33H,8-11,13H2,1-3H3,(H,28,29,30). The van der Waals surface area contributed by atoms with Crippen LogP contribution < -0.4 is 9.47 Å². The highest BCUT2D eigenvalue weighted by Crippen LogP contribution is 2.44. The molecule has 3 heterocycles. The van der Waals surface area contributed by atoms with E-state index >= 15 is 0 Å². The van der Waals surface area contributed by atoms with E-state index < -0.39 is 0 Å². The molecule has 0 saturated carbocycles. The highest BCUT2D eigenvalue weighted by molar-refractivity contribution is 9.10. The molecule has 9 heteroatoms. The second-order valence-electron chi connectivity index (χ2n) is 8.95. The number of aromatic hydroxyl groups is 1. The molecular formula is C26H27BrN4O4. The maximum Gasteiger partial charge on any atom is 0.219 e. The lowest BCUT2D eigenvalue weighted by molar-refractivity contribution is -0.130. The number of aryl methyl sites for hydroxylation is 1. The number of hydrogen-bond acceptors (Lipinski definition) is 6. The number of benzene rings is 2. The molecule has 4 aromatic rings. The number of carbonyl (C=O) groups is 1. The average molecular weight is 539 g/mol. The van der Waals surface area contributed by atoms with Gasteiger partial charge in [0.2, 0.25) is 5.91 Å². The van der Waals surface area contributed by atoms with Crippen LogP contribution in [0, 0.1) is 12.8 Å². The Morgan fingerprint density at radius 3 is 2.69 bits per heavy atom. The number of H-pyrrole nitrogens is 1. The van der Waals surface area contributed by atoms with Crippen LogP contribution in [-0.4, -0.2) is 57.9 Å². The van der Waals surface area contributed by atoms with E-state index in [-0.39, 0.29) is 11.7 Å². The minimum Gasteiger partial charge on any atom is -0.507 e. The van der Waals surface area contributed by atoms with E-state index in [0.717, 1.165) is 59.0 Å². The quantitative estimate of drug-likeness (QED) is 0.362. The monoisotopic (exact) mass is 538 g/mol. The molecule has 0 atom stereocenters. The van der Waals surface area contributed by atoms with Crippen LogP contribution in [0.5, 0.6) is 17.2 Å². The van der Waals surface area contributed by atoms with Gasteiger partial charge in [0, 0.05) is 42.0 Å². The number of amides is 1. The number of aromatic amines is 1. The molecule has 0 unspecified atom stereocenters. The first-order valence-corrected chi connectivity index (χ1v) is 12.4. The number of phenols is 1. The summed E-state index contributed by atoms with van der Waals surface area (Å²) in [5.74, 6) is 1.94. The van der Waals surface area contributed by atoms with Crippen LogP contribution in [-0.2, 0) is 4.79 Å². The van der Waals surface area contributed by atoms with Gasteiger partial charge in [-0.05, 0) is 71.9 Å². The van der Waals surface area contributed by atoms with Crippen molar-refractivity contribution in [2.45, 2.75) is 26.7 Å². The van der Waals surface area contributed by atoms with Crippen molar-refractivity contribution < 1.29 is 19.4 Å². The fourth-order valence-electron chi connectivity index (χ4n) is 4.77. The van der Waals surface area contributed by atoms with Crippen LogP contribution in [0.3, 0.4) is 0 Å². The normalized spacial score (nSPS) is 14.6. The Morgan fingerprint density at radius 1 is 1.23 bits per heavy atom. The Balaban J connectivity index is 1.61. The molecular weight excluding hydrogens is 512 g/mol. The summed E-state index contributed by atoms with van der Waals surface area (Å²) in [6.45, 7) is 5.63. The number of nitrogens with one attached hydrogen (secondary N) is 1. The van der Waals surface area contributed by atoms with E-state index in [0.29, 0.717) is 34.1 Å². The predicted octanol–water partition coefficient (Wildman–Crippen LogP) is 5.20. The molecule has 1 aliphatic rings. The predicted molar refractivity (Wildman–Crippen MR) is 138 cm³/mol. The third-order valence-electron chi connectivity index (χ3n) is 6.74. The van der Waals surface area contributed by atoms with Crippen molar-refractivity contribution in [1.82, 2.24) is 20.1 Å². The lowest BCUT2D eigenvalue weighted by Gasteiger charge is -2.31. The number of likely N-dealkylation sites (tertiary alicyclic amines) is 1. The summed E-state index contributed by atoms with van der Waals surface area (Å²) in [5, 5.41) is 20.2. The van der Waals surface area contributed by atoms with Crippen molar-refractivity contribution >= 4 is 43.6 Å². The zero-order valence-electron chi connectivity index (χ0n) is 19.9. The van der Waals surface area contributed by atoms with Crippen LogP contribution in [0.2, 0.25) is 0 Å². The maximum atomic E-state index is 11.7. The van der Waals surface area contributed by atoms with Gasteiger partial charge >= 0.3 is 0 Å². The average Bonchev–Trinajstić information content (AvgIpc) is 3.24. The largest absolute Gasteiger partial charge is 0.507 e. The molecule has 0 spiro atoms. The second kappa shape index (κ2) is 9.37. The summed E-state index contributed by atoms with van der Waals surface area (Å²) in [6, 6.07) is 9.21. The fraction of sp³-hybridized carbons (Fsp3) is 0.346. The van der Waals surface area contributed by atoms with Gasteiger partial charge in [0.1, 0.15) is 5.75 Å². The van der Waals surface area contributed by atoms with Crippen molar-refractivity contribution in [3.63, 3.8) is 0 Å². The molecule has 182 valence electrons. The molecule has 8 nitrogen and oxygen atoms in total. The Kier molecular flexibility index (Phi) is 6.27. The van der Waals surface area contributed by atoms with Crippen molar-refractivity contribution in [3.05, 3.63) is 40.5 Å². The first kappa shape index (κ1) is 23.4. The summed E-state index contributed by atoms with van der Waals surface area (Å²) in [5.41, 5.74) is 3.06. The van der Waals surface area contributed by atoms with Crippen LogP contribution in [0.25, 0.3) is 33.1 Å². The number of phenolic OH excluding ortho intramolecular Hbond substituents is 1. The zero-order valence-corrected chi connectivity index (χ0v) is 21.5. The number of nitrogens with zero attached hydrogens (tertiary/aromatic N) is 3. The molecule has 2 aromatic carbocycles. The van der Waals surface area contributed by atoms with E-state index in [1.807, 2.05) is 36.1 Å². The van der Waals surface area contributed by atoms with Crippen molar-refractivity contribution in [3.8, 4) is 28.5 Å². The Hall–Kier alpha value is -3.33. The molecule has 0 aliphatic carbocycles. The second-order valence-corrected chi connectivity index (χ2v) is 9.81. The third kappa shape index (κ3) is 4.29. The third-order valence-corrected chi connectivity index (χ3v) is 7.37. The molecule has 1 fully saturated rings. The molecule has 0 bridgehead atoms. The molecule has 1 saturated heterocycles. The SMILES string of the molecule is COc1ccc2c(-c3ccc(O)c(Br)c3)nc3n[nH]c(C)c3c2c1OCC1CCN(C(C)=O)CC1. The first-order chi connectivity index (χ1) is 16.9. The Bertz CT molecular complexity index is 1430. The molecule has 2 N–H and O–H groups in total. The molecule has 35 heavy (non-hydrogen) atoms. The Morgan fingerprint density at radius 2 is 2.00 bits per heavy atom. The summed E-state index contributed by atoms with van der Waals surface area (Å²) >= 11 is 3.41. The van der Waals surface area contributed by atoms with Gasteiger partial charge in [0.15, 0.2) is 17.1 Å². The van der Waals surface area contributed by atoms with Crippen molar-refractivity contribution in [1.29, 1.82) is 0 Å². The lowest BCUT2D eigenvalue weighted by atomic mass is 9.97. The van der Waals surface area contributed by atoms with Crippen LogP contribution >= 0.6 is 15.9 Å². The summed E-state index contributed by atoms with van der Waals surface area (Å²) in [4.78, 5) is 18.4. The number of halogens is 1. The van der Waals surface area contributed by atoms with Gasteiger partial charge in [-0.1, -0.05) is 0 Å². The minimum absolute atomic E-state index is 0.124. The van der Waals surface area contributed by atoms with E-state index in [2.05, 4.69) is 26.1 Å². The number of ether oxygens (including phenoxy) is 2. The van der Waals surface area contributed by atoms with E-state index in [1.165, 1.54) is 0 Å². The molecule has 0 radical (unpaired) electrons. The van der Waals surface area contributed by atoms with Gasteiger partial charge in [-0.25, -0.2) is 4.98 Å². The van der Waals surface area contributed by atoms with E-state index in [1.54, 1.807) is 20.1 Å². The number of rotatable bonds is 5. The Labute approximate surface area is 211 Å². The minimum atomic E-state index is 0.124.